The van der Waals surface area contributed by atoms with Gasteiger partial charge in [0.2, 0.25) is 0 Å². The van der Waals surface area contributed by atoms with Crippen LogP contribution in [-0.4, -0.2) is 4.98 Å². The van der Waals surface area contributed by atoms with Gasteiger partial charge in [-0.25, -0.2) is 0 Å². The first-order chi connectivity index (χ1) is 8.15. The second-order valence-corrected chi connectivity index (χ2v) is 4.90. The van der Waals surface area contributed by atoms with Gasteiger partial charge in [0.05, 0.1) is 0 Å². The molecule has 0 aliphatic carbocycles. The van der Waals surface area contributed by atoms with Gasteiger partial charge in [-0.15, -0.1) is 0 Å². The fraction of sp³-hybridized carbons (Fsp3) is 0.214. The average Bonchev–Trinajstić information content (AvgIpc) is 2.28. The van der Waals surface area contributed by atoms with Crippen molar-refractivity contribution >= 4 is 23.2 Å². The maximum atomic E-state index is 6.18. The Kier molecular flexibility index (Phi) is 4.03. The lowest BCUT2D eigenvalue weighted by molar-refractivity contribution is 0.913. The molecule has 0 unspecified atom stereocenters. The first kappa shape index (κ1) is 12.4. The number of hydrogen-bond acceptors (Lipinski definition) is 1. The van der Waals surface area contributed by atoms with E-state index in [0.29, 0.717) is 0 Å². The van der Waals surface area contributed by atoms with Crippen LogP contribution in [0.3, 0.4) is 0 Å². The topological polar surface area (TPSA) is 12.9 Å². The van der Waals surface area contributed by atoms with Gasteiger partial charge >= 0.3 is 0 Å². The molecule has 0 fully saturated rings. The van der Waals surface area contributed by atoms with Crippen molar-refractivity contribution in [1.29, 1.82) is 0 Å². The lowest BCUT2D eigenvalue weighted by atomic mass is 10.1. The number of rotatable bonds is 3. The lowest BCUT2D eigenvalue weighted by Crippen LogP contribution is -1.95. The molecule has 0 bridgehead atoms. The van der Waals surface area contributed by atoms with Crippen LogP contribution in [0.1, 0.15) is 16.8 Å². The molecular weight excluding hydrogens is 253 g/mol. The summed E-state index contributed by atoms with van der Waals surface area (Å²) in [5.74, 6) is 0. The minimum atomic E-state index is 0.727. The second-order valence-electron chi connectivity index (χ2n) is 4.06. The number of aryl methyl sites for hydroxylation is 3. The van der Waals surface area contributed by atoms with E-state index in [2.05, 4.69) is 17.1 Å². The summed E-state index contributed by atoms with van der Waals surface area (Å²) in [5.41, 5.74) is 3.33. The fourth-order valence-corrected chi connectivity index (χ4v) is 2.22. The molecule has 3 heteroatoms. The molecule has 0 saturated carbocycles. The SMILES string of the molecule is Cc1ccc(CCc2cc(Cl)ccn2)c(Cl)c1. The highest BCUT2D eigenvalue weighted by Gasteiger charge is 2.02. The summed E-state index contributed by atoms with van der Waals surface area (Å²) in [5, 5.41) is 1.55. The van der Waals surface area contributed by atoms with Gasteiger partial charge < -0.3 is 0 Å². The third-order valence-electron chi connectivity index (χ3n) is 2.64. The van der Waals surface area contributed by atoms with E-state index >= 15 is 0 Å². The van der Waals surface area contributed by atoms with Crippen LogP contribution in [0.4, 0.5) is 0 Å². The third kappa shape index (κ3) is 3.45. The summed E-state index contributed by atoms with van der Waals surface area (Å²) in [6, 6.07) is 9.81. The van der Waals surface area contributed by atoms with E-state index in [4.69, 9.17) is 23.2 Å². The first-order valence-electron chi connectivity index (χ1n) is 5.50. The van der Waals surface area contributed by atoms with Crippen molar-refractivity contribution in [2.24, 2.45) is 0 Å². The average molecular weight is 266 g/mol. The normalized spacial score (nSPS) is 10.5. The van der Waals surface area contributed by atoms with Crippen LogP contribution in [0.5, 0.6) is 0 Å². The minimum Gasteiger partial charge on any atom is -0.261 e. The Morgan fingerprint density at radius 1 is 1.06 bits per heavy atom. The summed E-state index contributed by atoms with van der Waals surface area (Å²) < 4.78 is 0. The Hall–Kier alpha value is -1.05. The number of aromatic nitrogens is 1. The van der Waals surface area contributed by atoms with Gasteiger partial charge in [-0.2, -0.15) is 0 Å². The largest absolute Gasteiger partial charge is 0.261 e. The van der Waals surface area contributed by atoms with Crippen molar-refractivity contribution < 1.29 is 0 Å². The third-order valence-corrected chi connectivity index (χ3v) is 3.22. The van der Waals surface area contributed by atoms with Crippen molar-refractivity contribution in [2.75, 3.05) is 0 Å². The zero-order chi connectivity index (χ0) is 12.3. The van der Waals surface area contributed by atoms with Gasteiger partial charge in [0.15, 0.2) is 0 Å². The summed E-state index contributed by atoms with van der Waals surface area (Å²) in [7, 11) is 0. The molecule has 0 saturated heterocycles. The van der Waals surface area contributed by atoms with Crippen LogP contribution in [0.2, 0.25) is 10.0 Å². The van der Waals surface area contributed by atoms with E-state index in [-0.39, 0.29) is 0 Å². The Morgan fingerprint density at radius 2 is 1.88 bits per heavy atom. The molecule has 1 aromatic heterocycles. The standard InChI is InChI=1S/C14H13Cl2N/c1-10-2-3-11(14(16)8-10)4-5-13-9-12(15)6-7-17-13/h2-3,6-9H,4-5H2,1H3. The van der Waals surface area contributed by atoms with Gasteiger partial charge in [-0.05, 0) is 49.1 Å². The van der Waals surface area contributed by atoms with E-state index in [1.165, 1.54) is 5.56 Å². The monoisotopic (exact) mass is 265 g/mol. The zero-order valence-electron chi connectivity index (χ0n) is 9.58. The molecule has 0 aliphatic rings. The van der Waals surface area contributed by atoms with Gasteiger partial charge in [0.1, 0.15) is 0 Å². The van der Waals surface area contributed by atoms with E-state index in [9.17, 15) is 0 Å². The van der Waals surface area contributed by atoms with Crippen molar-refractivity contribution in [2.45, 2.75) is 19.8 Å². The molecule has 0 atom stereocenters. The summed E-state index contributed by atoms with van der Waals surface area (Å²) >= 11 is 12.1. The van der Waals surface area contributed by atoms with Crippen molar-refractivity contribution in [1.82, 2.24) is 4.98 Å². The zero-order valence-corrected chi connectivity index (χ0v) is 11.1. The predicted molar refractivity (Wildman–Crippen MR) is 72.8 cm³/mol. The molecule has 0 radical (unpaired) electrons. The Morgan fingerprint density at radius 3 is 2.59 bits per heavy atom. The molecule has 17 heavy (non-hydrogen) atoms. The number of halogens is 2. The van der Waals surface area contributed by atoms with Crippen LogP contribution < -0.4 is 0 Å². The predicted octanol–water partition coefficient (Wildman–Crippen LogP) is 4.48. The van der Waals surface area contributed by atoms with Crippen molar-refractivity contribution in [3.05, 3.63) is 63.4 Å². The Bertz CT molecular complexity index is 523. The number of pyridine rings is 1. The Labute approximate surface area is 111 Å². The second kappa shape index (κ2) is 5.52. The van der Waals surface area contributed by atoms with Crippen molar-refractivity contribution in [3.8, 4) is 0 Å². The summed E-state index contributed by atoms with van der Waals surface area (Å²) in [6.45, 7) is 2.04. The molecular formula is C14H13Cl2N. The molecule has 0 spiro atoms. The molecule has 1 heterocycles. The van der Waals surface area contributed by atoms with Crippen LogP contribution in [-0.2, 0) is 12.8 Å². The smallest absolute Gasteiger partial charge is 0.0440 e. The molecule has 1 aromatic carbocycles. The minimum absolute atomic E-state index is 0.727. The van der Waals surface area contributed by atoms with Crippen LogP contribution >= 0.6 is 23.2 Å². The molecule has 88 valence electrons. The van der Waals surface area contributed by atoms with Crippen LogP contribution in [0.15, 0.2) is 36.5 Å². The molecule has 0 aliphatic heterocycles. The van der Waals surface area contributed by atoms with E-state index in [0.717, 1.165) is 34.1 Å². The molecule has 0 N–H and O–H groups in total. The maximum Gasteiger partial charge on any atom is 0.0440 e. The molecule has 2 rings (SSSR count). The van der Waals surface area contributed by atoms with Crippen LogP contribution in [0, 0.1) is 6.92 Å². The fourth-order valence-electron chi connectivity index (χ4n) is 1.70. The highest BCUT2D eigenvalue weighted by molar-refractivity contribution is 6.31. The number of hydrogen-bond donors (Lipinski definition) is 0. The van der Waals surface area contributed by atoms with E-state index < -0.39 is 0 Å². The van der Waals surface area contributed by atoms with Gasteiger partial charge in [-0.3, -0.25) is 4.98 Å². The van der Waals surface area contributed by atoms with Crippen LogP contribution in [0.25, 0.3) is 0 Å². The molecule has 2 aromatic rings. The highest BCUT2D eigenvalue weighted by Crippen LogP contribution is 2.19. The quantitative estimate of drug-likeness (QED) is 0.798. The Balaban J connectivity index is 2.07. The van der Waals surface area contributed by atoms with E-state index in [1.54, 1.807) is 12.3 Å². The highest BCUT2D eigenvalue weighted by atomic mass is 35.5. The van der Waals surface area contributed by atoms with Gasteiger partial charge in [0, 0.05) is 21.9 Å². The molecule has 0 amide bonds. The van der Waals surface area contributed by atoms with Gasteiger partial charge in [0.25, 0.3) is 0 Å². The summed E-state index contributed by atoms with van der Waals surface area (Å²) in [6.07, 6.45) is 3.46. The van der Waals surface area contributed by atoms with E-state index in [1.807, 2.05) is 19.1 Å². The van der Waals surface area contributed by atoms with Gasteiger partial charge in [-0.1, -0.05) is 35.3 Å². The summed E-state index contributed by atoms with van der Waals surface area (Å²) in [4.78, 5) is 4.27. The lowest BCUT2D eigenvalue weighted by Gasteiger charge is -2.05. The number of benzene rings is 1. The van der Waals surface area contributed by atoms with Crippen molar-refractivity contribution in [3.63, 3.8) is 0 Å². The maximum absolute atomic E-state index is 6.18. The molecule has 1 nitrogen and oxygen atoms in total. The number of nitrogens with zero attached hydrogens (tertiary/aromatic N) is 1. The first-order valence-corrected chi connectivity index (χ1v) is 6.26.